The smallest absolute Gasteiger partial charge is 0.343 e. The van der Waals surface area contributed by atoms with Crippen molar-refractivity contribution in [3.8, 4) is 5.75 Å². The minimum Gasteiger partial charge on any atom is -0.507 e. The van der Waals surface area contributed by atoms with Crippen molar-refractivity contribution in [3.63, 3.8) is 0 Å². The van der Waals surface area contributed by atoms with Crippen LogP contribution in [0.2, 0.25) is 0 Å². The molecule has 4 aromatic rings. The van der Waals surface area contributed by atoms with Crippen molar-refractivity contribution < 1.29 is 13.9 Å². The number of rotatable bonds is 2. The molecule has 124 valence electrons. The van der Waals surface area contributed by atoms with E-state index < -0.39 is 11.3 Å². The Bertz CT molecular complexity index is 1130. The SMILES string of the molecule is Cc1c(Cc2c(O)c3ccccc3oc2=O)c(=O)oc2ccccc12. The highest BCUT2D eigenvalue weighted by Crippen LogP contribution is 2.28. The van der Waals surface area contributed by atoms with Gasteiger partial charge in [-0.15, -0.1) is 0 Å². The van der Waals surface area contributed by atoms with Gasteiger partial charge in [0.1, 0.15) is 16.9 Å². The van der Waals surface area contributed by atoms with Gasteiger partial charge in [-0.1, -0.05) is 30.3 Å². The maximum atomic E-state index is 12.4. The van der Waals surface area contributed by atoms with Gasteiger partial charge in [-0.2, -0.15) is 0 Å². The van der Waals surface area contributed by atoms with Gasteiger partial charge in [0, 0.05) is 17.4 Å². The fourth-order valence-electron chi connectivity index (χ4n) is 3.05. The largest absolute Gasteiger partial charge is 0.507 e. The number of fused-ring (bicyclic) bond motifs is 2. The zero-order chi connectivity index (χ0) is 17.6. The maximum Gasteiger partial charge on any atom is 0.343 e. The molecule has 0 aliphatic rings. The molecule has 0 unspecified atom stereocenters. The van der Waals surface area contributed by atoms with Gasteiger partial charge in [0.2, 0.25) is 0 Å². The van der Waals surface area contributed by atoms with Crippen LogP contribution in [0, 0.1) is 6.92 Å². The van der Waals surface area contributed by atoms with E-state index >= 15 is 0 Å². The monoisotopic (exact) mass is 334 g/mol. The normalized spacial score (nSPS) is 11.2. The first-order valence-electron chi connectivity index (χ1n) is 7.81. The molecule has 2 heterocycles. The molecule has 0 amide bonds. The van der Waals surface area contributed by atoms with E-state index in [1.807, 2.05) is 12.1 Å². The van der Waals surface area contributed by atoms with E-state index in [0.717, 1.165) is 10.9 Å². The third-order valence-electron chi connectivity index (χ3n) is 4.42. The average Bonchev–Trinajstić information content (AvgIpc) is 2.61. The number of hydrogen-bond acceptors (Lipinski definition) is 5. The summed E-state index contributed by atoms with van der Waals surface area (Å²) in [6, 6.07) is 13.9. The summed E-state index contributed by atoms with van der Waals surface area (Å²) in [5.74, 6) is -0.168. The van der Waals surface area contributed by atoms with Crippen molar-refractivity contribution in [3.05, 3.63) is 86.1 Å². The summed E-state index contributed by atoms with van der Waals surface area (Å²) in [7, 11) is 0. The second kappa shape index (κ2) is 5.63. The summed E-state index contributed by atoms with van der Waals surface area (Å²) in [5.41, 5.74) is 0.700. The lowest BCUT2D eigenvalue weighted by Gasteiger charge is -2.09. The van der Waals surface area contributed by atoms with Gasteiger partial charge in [-0.25, -0.2) is 9.59 Å². The summed E-state index contributed by atoms with van der Waals surface area (Å²) in [6.45, 7) is 1.80. The molecule has 0 aliphatic carbocycles. The number of aryl methyl sites for hydroxylation is 1. The maximum absolute atomic E-state index is 12.4. The summed E-state index contributed by atoms with van der Waals surface area (Å²) >= 11 is 0. The van der Waals surface area contributed by atoms with E-state index in [0.29, 0.717) is 22.1 Å². The van der Waals surface area contributed by atoms with Gasteiger partial charge in [0.25, 0.3) is 0 Å². The second-order valence-electron chi connectivity index (χ2n) is 5.88. The van der Waals surface area contributed by atoms with Crippen molar-refractivity contribution in [1.82, 2.24) is 0 Å². The van der Waals surface area contributed by atoms with Crippen LogP contribution in [0.3, 0.4) is 0 Å². The van der Waals surface area contributed by atoms with Crippen LogP contribution in [0.5, 0.6) is 5.75 Å². The van der Waals surface area contributed by atoms with Crippen LogP contribution in [-0.4, -0.2) is 5.11 Å². The molecule has 4 rings (SSSR count). The molecule has 0 aliphatic heterocycles. The topological polar surface area (TPSA) is 80.7 Å². The highest BCUT2D eigenvalue weighted by Gasteiger charge is 2.18. The Morgan fingerprint density at radius 3 is 2.00 bits per heavy atom. The highest BCUT2D eigenvalue weighted by molar-refractivity contribution is 5.84. The molecule has 5 nitrogen and oxygen atoms in total. The summed E-state index contributed by atoms with van der Waals surface area (Å²) in [6.07, 6.45) is -0.0575. The second-order valence-corrected chi connectivity index (χ2v) is 5.88. The number of hydrogen-bond donors (Lipinski definition) is 1. The van der Waals surface area contributed by atoms with E-state index in [9.17, 15) is 14.7 Å². The van der Waals surface area contributed by atoms with Gasteiger partial charge in [-0.05, 0) is 30.7 Å². The van der Waals surface area contributed by atoms with Crippen molar-refractivity contribution in [2.75, 3.05) is 0 Å². The van der Waals surface area contributed by atoms with Crippen molar-refractivity contribution in [1.29, 1.82) is 0 Å². The molecule has 0 saturated carbocycles. The van der Waals surface area contributed by atoms with Crippen LogP contribution in [0.15, 0.2) is 67.0 Å². The number of aromatic hydroxyl groups is 1. The lowest BCUT2D eigenvalue weighted by Crippen LogP contribution is -2.16. The van der Waals surface area contributed by atoms with E-state index in [1.165, 1.54) is 0 Å². The molecule has 0 radical (unpaired) electrons. The number of para-hydroxylation sites is 2. The van der Waals surface area contributed by atoms with Gasteiger partial charge in [-0.3, -0.25) is 0 Å². The molecule has 25 heavy (non-hydrogen) atoms. The van der Waals surface area contributed by atoms with Crippen LogP contribution in [0.1, 0.15) is 16.7 Å². The molecule has 0 bridgehead atoms. The average molecular weight is 334 g/mol. The van der Waals surface area contributed by atoms with E-state index in [1.54, 1.807) is 43.3 Å². The van der Waals surface area contributed by atoms with Gasteiger partial charge in [0.05, 0.1) is 10.9 Å². The minimum absolute atomic E-state index is 0.0457. The van der Waals surface area contributed by atoms with Crippen LogP contribution < -0.4 is 11.3 Å². The molecule has 0 atom stereocenters. The van der Waals surface area contributed by atoms with E-state index in [-0.39, 0.29) is 17.7 Å². The zero-order valence-electron chi connectivity index (χ0n) is 13.4. The first kappa shape index (κ1) is 15.2. The Morgan fingerprint density at radius 1 is 0.800 bits per heavy atom. The molecule has 0 spiro atoms. The first-order valence-corrected chi connectivity index (χ1v) is 7.81. The van der Waals surface area contributed by atoms with Crippen LogP contribution in [-0.2, 0) is 6.42 Å². The molecule has 2 aromatic heterocycles. The Hall–Kier alpha value is -3.34. The molecular formula is C20H14O5. The third-order valence-corrected chi connectivity index (χ3v) is 4.42. The van der Waals surface area contributed by atoms with Gasteiger partial charge >= 0.3 is 11.3 Å². The van der Waals surface area contributed by atoms with Crippen molar-refractivity contribution in [2.24, 2.45) is 0 Å². The molecule has 0 fully saturated rings. The Morgan fingerprint density at radius 2 is 1.32 bits per heavy atom. The summed E-state index contributed by atoms with van der Waals surface area (Å²) in [4.78, 5) is 24.6. The van der Waals surface area contributed by atoms with Gasteiger partial charge in [0.15, 0.2) is 0 Å². The highest BCUT2D eigenvalue weighted by atomic mass is 16.4. The minimum atomic E-state index is -0.664. The molecule has 1 N–H and O–H groups in total. The fourth-order valence-corrected chi connectivity index (χ4v) is 3.05. The standard InChI is InChI=1S/C20H14O5/c1-11-12-6-2-4-8-16(12)24-19(22)14(11)10-15-18(21)13-7-3-5-9-17(13)25-20(15)23/h2-9,21H,10H2,1H3. The lowest BCUT2D eigenvalue weighted by atomic mass is 9.99. The molecule has 2 aromatic carbocycles. The molecule has 5 heteroatoms. The summed E-state index contributed by atoms with van der Waals surface area (Å²) < 4.78 is 10.6. The van der Waals surface area contributed by atoms with Crippen LogP contribution >= 0.6 is 0 Å². The Balaban J connectivity index is 1.95. The van der Waals surface area contributed by atoms with Gasteiger partial charge < -0.3 is 13.9 Å². The van der Waals surface area contributed by atoms with E-state index in [2.05, 4.69) is 0 Å². The molecular weight excluding hydrogens is 320 g/mol. The summed E-state index contributed by atoms with van der Waals surface area (Å²) in [5, 5.41) is 11.7. The van der Waals surface area contributed by atoms with Crippen LogP contribution in [0.25, 0.3) is 21.9 Å². The van der Waals surface area contributed by atoms with Crippen molar-refractivity contribution in [2.45, 2.75) is 13.3 Å². The predicted octanol–water partition coefficient (Wildman–Crippen LogP) is 3.50. The lowest BCUT2D eigenvalue weighted by molar-refractivity contribution is 0.458. The Kier molecular flexibility index (Phi) is 3.42. The number of benzene rings is 2. The fraction of sp³-hybridized carbons (Fsp3) is 0.100. The molecule has 0 saturated heterocycles. The zero-order valence-corrected chi connectivity index (χ0v) is 13.4. The Labute approximate surface area is 141 Å². The third kappa shape index (κ3) is 2.41. The van der Waals surface area contributed by atoms with E-state index in [4.69, 9.17) is 8.83 Å². The van der Waals surface area contributed by atoms with Crippen LogP contribution in [0.4, 0.5) is 0 Å². The van der Waals surface area contributed by atoms with Crippen molar-refractivity contribution >= 4 is 21.9 Å². The predicted molar refractivity (Wildman–Crippen MR) is 94.2 cm³/mol. The first-order chi connectivity index (χ1) is 12.1. The quantitative estimate of drug-likeness (QED) is 0.567.